The minimum Gasteiger partial charge on any atom is -0.313 e. The van der Waals surface area contributed by atoms with Gasteiger partial charge in [-0.25, -0.2) is 0 Å². The second-order valence-corrected chi connectivity index (χ2v) is 4.80. The summed E-state index contributed by atoms with van der Waals surface area (Å²) >= 11 is 5.98. The maximum atomic E-state index is 5.98. The summed E-state index contributed by atoms with van der Waals surface area (Å²) in [4.78, 5) is 0. The largest absolute Gasteiger partial charge is 0.313 e. The van der Waals surface area contributed by atoms with E-state index in [2.05, 4.69) is 31.3 Å². The molecule has 1 saturated heterocycles. The van der Waals surface area contributed by atoms with Crippen LogP contribution in [0.2, 0.25) is 5.02 Å². The van der Waals surface area contributed by atoms with Crippen molar-refractivity contribution in [3.05, 3.63) is 34.3 Å². The molecule has 1 N–H and O–H groups in total. The highest BCUT2D eigenvalue weighted by atomic mass is 35.5. The van der Waals surface area contributed by atoms with Gasteiger partial charge in [0.15, 0.2) is 0 Å². The van der Waals surface area contributed by atoms with Crippen molar-refractivity contribution in [3.8, 4) is 0 Å². The molecule has 1 aliphatic rings. The van der Waals surface area contributed by atoms with E-state index >= 15 is 0 Å². The Morgan fingerprint density at radius 3 is 2.93 bits per heavy atom. The Kier molecular flexibility index (Phi) is 3.32. The van der Waals surface area contributed by atoms with Crippen LogP contribution in [0.15, 0.2) is 18.2 Å². The molecule has 2 atom stereocenters. The molecule has 0 bridgehead atoms. The van der Waals surface area contributed by atoms with Crippen LogP contribution in [0, 0.1) is 6.92 Å². The van der Waals surface area contributed by atoms with Crippen LogP contribution in [0.5, 0.6) is 0 Å². The van der Waals surface area contributed by atoms with Crippen molar-refractivity contribution in [2.75, 3.05) is 6.54 Å². The van der Waals surface area contributed by atoms with E-state index in [-0.39, 0.29) is 0 Å². The number of hydrogen-bond acceptors (Lipinski definition) is 1. The summed E-state index contributed by atoms with van der Waals surface area (Å²) in [5.74, 6) is 0.673. The van der Waals surface area contributed by atoms with E-state index in [4.69, 9.17) is 11.6 Å². The van der Waals surface area contributed by atoms with Gasteiger partial charge in [-0.05, 0) is 49.6 Å². The molecular weight excluding hydrogens is 206 g/mol. The summed E-state index contributed by atoms with van der Waals surface area (Å²) in [5.41, 5.74) is 2.80. The predicted octanol–water partition coefficient (Wildman–Crippen LogP) is 3.50. The minimum atomic E-state index is 0.643. The molecule has 0 aliphatic carbocycles. The molecule has 2 heteroatoms. The van der Waals surface area contributed by atoms with E-state index in [0.29, 0.717) is 12.0 Å². The lowest BCUT2D eigenvalue weighted by Crippen LogP contribution is -2.25. The lowest BCUT2D eigenvalue weighted by atomic mass is 9.88. The van der Waals surface area contributed by atoms with Gasteiger partial charge in [-0.3, -0.25) is 0 Å². The fourth-order valence-electron chi connectivity index (χ4n) is 2.62. The van der Waals surface area contributed by atoms with Crippen LogP contribution in [0.1, 0.15) is 36.8 Å². The summed E-state index contributed by atoms with van der Waals surface area (Å²) in [6, 6.07) is 6.92. The first kappa shape index (κ1) is 11.0. The molecule has 2 rings (SSSR count). The topological polar surface area (TPSA) is 12.0 Å². The van der Waals surface area contributed by atoms with E-state index in [0.717, 1.165) is 11.6 Å². The molecule has 1 heterocycles. The van der Waals surface area contributed by atoms with Gasteiger partial charge in [0.25, 0.3) is 0 Å². The quantitative estimate of drug-likeness (QED) is 0.809. The molecule has 0 amide bonds. The van der Waals surface area contributed by atoms with Crippen molar-refractivity contribution in [1.29, 1.82) is 0 Å². The summed E-state index contributed by atoms with van der Waals surface area (Å²) < 4.78 is 0. The lowest BCUT2D eigenvalue weighted by molar-refractivity contribution is 0.530. The standard InChI is InChI=1S/C13H18ClN/c1-3-13-12(6-7-15-13)11-5-4-10(14)8-9(11)2/h4-5,8,12-13,15H,3,6-7H2,1-2H3. The molecule has 0 spiro atoms. The maximum Gasteiger partial charge on any atom is 0.0408 e. The molecule has 1 fully saturated rings. The normalized spacial score (nSPS) is 25.8. The highest BCUT2D eigenvalue weighted by molar-refractivity contribution is 6.30. The van der Waals surface area contributed by atoms with Gasteiger partial charge < -0.3 is 5.32 Å². The second-order valence-electron chi connectivity index (χ2n) is 4.36. The Hall–Kier alpha value is -0.530. The first-order chi connectivity index (χ1) is 7.22. The van der Waals surface area contributed by atoms with Crippen LogP contribution >= 0.6 is 11.6 Å². The van der Waals surface area contributed by atoms with Crippen LogP contribution in [0.3, 0.4) is 0 Å². The highest BCUT2D eigenvalue weighted by Crippen LogP contribution is 2.32. The van der Waals surface area contributed by atoms with E-state index in [1.165, 1.54) is 24.0 Å². The van der Waals surface area contributed by atoms with Crippen molar-refractivity contribution in [2.24, 2.45) is 0 Å². The van der Waals surface area contributed by atoms with E-state index in [1.807, 2.05) is 6.07 Å². The predicted molar refractivity (Wildman–Crippen MR) is 65.6 cm³/mol. The summed E-state index contributed by atoms with van der Waals surface area (Å²) in [5, 5.41) is 4.41. The van der Waals surface area contributed by atoms with Crippen LogP contribution < -0.4 is 5.32 Å². The number of hydrogen-bond donors (Lipinski definition) is 1. The fraction of sp³-hybridized carbons (Fsp3) is 0.538. The number of aryl methyl sites for hydroxylation is 1. The zero-order valence-electron chi connectivity index (χ0n) is 9.39. The first-order valence-corrected chi connectivity index (χ1v) is 6.09. The first-order valence-electron chi connectivity index (χ1n) is 5.71. The third kappa shape index (κ3) is 2.19. The van der Waals surface area contributed by atoms with Gasteiger partial charge in [0, 0.05) is 17.0 Å². The van der Waals surface area contributed by atoms with Crippen molar-refractivity contribution in [1.82, 2.24) is 5.32 Å². The molecule has 2 unspecified atom stereocenters. The fourth-order valence-corrected chi connectivity index (χ4v) is 2.85. The van der Waals surface area contributed by atoms with Gasteiger partial charge in [-0.15, -0.1) is 0 Å². The van der Waals surface area contributed by atoms with E-state index < -0.39 is 0 Å². The number of halogens is 1. The van der Waals surface area contributed by atoms with Crippen molar-refractivity contribution >= 4 is 11.6 Å². The molecule has 0 radical (unpaired) electrons. The van der Waals surface area contributed by atoms with Crippen molar-refractivity contribution in [2.45, 2.75) is 38.6 Å². The zero-order chi connectivity index (χ0) is 10.8. The van der Waals surface area contributed by atoms with Crippen LogP contribution in [0.4, 0.5) is 0 Å². The Labute approximate surface area is 96.8 Å². The third-order valence-corrected chi connectivity index (χ3v) is 3.65. The van der Waals surface area contributed by atoms with Gasteiger partial charge >= 0.3 is 0 Å². The second kappa shape index (κ2) is 4.54. The Morgan fingerprint density at radius 1 is 1.47 bits per heavy atom. The van der Waals surface area contributed by atoms with Crippen LogP contribution in [0.25, 0.3) is 0 Å². The van der Waals surface area contributed by atoms with Crippen LogP contribution in [-0.2, 0) is 0 Å². The number of rotatable bonds is 2. The van der Waals surface area contributed by atoms with Gasteiger partial charge in [-0.2, -0.15) is 0 Å². The molecular formula is C13H18ClN. The van der Waals surface area contributed by atoms with Gasteiger partial charge in [0.1, 0.15) is 0 Å². The Bertz CT molecular complexity index is 348. The molecule has 1 aliphatic heterocycles. The van der Waals surface area contributed by atoms with Crippen LogP contribution in [-0.4, -0.2) is 12.6 Å². The smallest absolute Gasteiger partial charge is 0.0408 e. The maximum absolute atomic E-state index is 5.98. The molecule has 82 valence electrons. The monoisotopic (exact) mass is 223 g/mol. The van der Waals surface area contributed by atoms with Crippen molar-refractivity contribution < 1.29 is 0 Å². The molecule has 1 aromatic rings. The van der Waals surface area contributed by atoms with E-state index in [9.17, 15) is 0 Å². The van der Waals surface area contributed by atoms with Gasteiger partial charge in [0.05, 0.1) is 0 Å². The van der Waals surface area contributed by atoms with Gasteiger partial charge in [-0.1, -0.05) is 24.6 Å². The van der Waals surface area contributed by atoms with Gasteiger partial charge in [0.2, 0.25) is 0 Å². The number of benzene rings is 1. The average molecular weight is 224 g/mol. The average Bonchev–Trinajstić information content (AvgIpc) is 2.65. The highest BCUT2D eigenvalue weighted by Gasteiger charge is 2.27. The molecule has 0 aromatic heterocycles. The van der Waals surface area contributed by atoms with Crippen molar-refractivity contribution in [3.63, 3.8) is 0 Å². The summed E-state index contributed by atoms with van der Waals surface area (Å²) in [6.07, 6.45) is 2.45. The minimum absolute atomic E-state index is 0.643. The Balaban J connectivity index is 2.28. The summed E-state index contributed by atoms with van der Waals surface area (Å²) in [7, 11) is 0. The molecule has 1 nitrogen and oxygen atoms in total. The SMILES string of the molecule is CCC1NCCC1c1ccc(Cl)cc1C. The van der Waals surface area contributed by atoms with E-state index in [1.54, 1.807) is 0 Å². The third-order valence-electron chi connectivity index (χ3n) is 3.42. The number of nitrogens with one attached hydrogen (secondary N) is 1. The molecule has 0 saturated carbocycles. The molecule has 1 aromatic carbocycles. The summed E-state index contributed by atoms with van der Waals surface area (Å²) in [6.45, 7) is 5.55. The lowest BCUT2D eigenvalue weighted by Gasteiger charge is -2.20. The zero-order valence-corrected chi connectivity index (χ0v) is 10.1. The Morgan fingerprint density at radius 2 is 2.27 bits per heavy atom. The molecule has 15 heavy (non-hydrogen) atoms.